The van der Waals surface area contributed by atoms with Crippen LogP contribution in [0.2, 0.25) is 0 Å². The molecule has 6 heteroatoms. The molecule has 0 N–H and O–H groups in total. The van der Waals surface area contributed by atoms with Crippen molar-refractivity contribution in [2.45, 2.75) is 25.7 Å². The number of anilines is 1. The molecule has 2 aromatic rings. The van der Waals surface area contributed by atoms with Crippen molar-refractivity contribution in [3.63, 3.8) is 0 Å². The van der Waals surface area contributed by atoms with E-state index in [1.807, 2.05) is 41.3 Å². The number of aliphatic carboxylic acids is 1. The number of benzene rings is 2. The van der Waals surface area contributed by atoms with Crippen molar-refractivity contribution in [2.75, 3.05) is 11.4 Å². The van der Waals surface area contributed by atoms with Crippen LogP contribution in [0.1, 0.15) is 25.8 Å². The first-order chi connectivity index (χ1) is 15.9. The Kier molecular flexibility index (Phi) is 8.04. The molecule has 0 saturated carbocycles. The SMILES string of the molecule is CC1(C)/C(=C\C=C(/C#N)C=NC2=CC=C[C+]=C2)N(CCC(=O)[O-])c2ccc3ccccc3c21.[Na+]. The second-order valence-electron chi connectivity index (χ2n) is 8.39. The van der Waals surface area contributed by atoms with E-state index in [1.165, 1.54) is 6.21 Å². The van der Waals surface area contributed by atoms with Crippen LogP contribution in [0.15, 0.2) is 94.8 Å². The zero-order valence-electron chi connectivity index (χ0n) is 19.6. The summed E-state index contributed by atoms with van der Waals surface area (Å²) in [4.78, 5) is 17.6. The second kappa shape index (κ2) is 10.8. The predicted molar refractivity (Wildman–Crippen MR) is 129 cm³/mol. The maximum Gasteiger partial charge on any atom is 1.00 e. The Balaban J connectivity index is 0.00000324. The fourth-order valence-electron chi connectivity index (χ4n) is 4.37. The number of carbonyl (C=O) groups excluding carboxylic acids is 1. The van der Waals surface area contributed by atoms with Crippen molar-refractivity contribution >= 4 is 28.6 Å². The van der Waals surface area contributed by atoms with Gasteiger partial charge in [0.2, 0.25) is 0 Å². The average Bonchev–Trinajstić information content (AvgIpc) is 3.04. The van der Waals surface area contributed by atoms with Crippen molar-refractivity contribution < 1.29 is 39.5 Å². The molecule has 1 aliphatic carbocycles. The third-order valence-corrected chi connectivity index (χ3v) is 5.89. The van der Waals surface area contributed by atoms with Crippen LogP contribution in [0.3, 0.4) is 0 Å². The molecule has 0 amide bonds. The number of hydrogen-bond donors (Lipinski definition) is 0. The van der Waals surface area contributed by atoms with Crippen LogP contribution in [-0.2, 0) is 10.2 Å². The van der Waals surface area contributed by atoms with Crippen molar-refractivity contribution in [3.05, 3.63) is 101 Å². The van der Waals surface area contributed by atoms with E-state index in [9.17, 15) is 15.2 Å². The maximum atomic E-state index is 11.2. The molecule has 4 rings (SSSR count). The van der Waals surface area contributed by atoms with Crippen LogP contribution in [0, 0.1) is 17.4 Å². The number of carboxylic acids is 1. The minimum absolute atomic E-state index is 0. The van der Waals surface area contributed by atoms with E-state index >= 15 is 0 Å². The van der Waals surface area contributed by atoms with Gasteiger partial charge in [-0.1, -0.05) is 44.2 Å². The van der Waals surface area contributed by atoms with Gasteiger partial charge in [-0.3, -0.25) is 0 Å². The third-order valence-electron chi connectivity index (χ3n) is 5.89. The van der Waals surface area contributed by atoms with Crippen LogP contribution in [0.25, 0.3) is 10.8 Å². The normalized spacial score (nSPS) is 17.3. The van der Waals surface area contributed by atoms with Crippen LogP contribution in [-0.4, -0.2) is 18.7 Å². The Morgan fingerprint density at radius 2 is 2.06 bits per heavy atom. The summed E-state index contributed by atoms with van der Waals surface area (Å²) in [5.74, 6) is -1.10. The molecular formula is C28H23N3NaO2+. The summed E-state index contributed by atoms with van der Waals surface area (Å²) < 4.78 is 0. The molecular weight excluding hydrogens is 433 g/mol. The summed E-state index contributed by atoms with van der Waals surface area (Å²) in [5.41, 5.74) is 3.75. The molecule has 0 fully saturated rings. The number of carboxylic acid groups (broad SMARTS) is 1. The van der Waals surface area contributed by atoms with E-state index in [1.54, 1.807) is 18.2 Å². The maximum absolute atomic E-state index is 11.2. The second-order valence-corrected chi connectivity index (χ2v) is 8.39. The molecule has 0 spiro atoms. The third kappa shape index (κ3) is 5.12. The van der Waals surface area contributed by atoms with Gasteiger partial charge in [0, 0.05) is 47.9 Å². The first-order valence-corrected chi connectivity index (χ1v) is 10.7. The van der Waals surface area contributed by atoms with Gasteiger partial charge < -0.3 is 14.8 Å². The topological polar surface area (TPSA) is 79.5 Å². The van der Waals surface area contributed by atoms with Crippen molar-refractivity contribution in [3.8, 4) is 6.07 Å². The van der Waals surface area contributed by atoms with Crippen molar-refractivity contribution in [2.24, 2.45) is 4.99 Å². The van der Waals surface area contributed by atoms with Gasteiger partial charge >= 0.3 is 29.6 Å². The summed E-state index contributed by atoms with van der Waals surface area (Å²) in [6, 6.07) is 14.5. The molecule has 5 nitrogen and oxygen atoms in total. The smallest absolute Gasteiger partial charge is 0.550 e. The number of carbonyl (C=O) groups is 1. The zero-order chi connectivity index (χ0) is 23.4. The summed E-state index contributed by atoms with van der Waals surface area (Å²) in [7, 11) is 0. The first kappa shape index (κ1) is 25.4. The summed E-state index contributed by atoms with van der Waals surface area (Å²) >= 11 is 0. The average molecular weight is 457 g/mol. The van der Waals surface area contributed by atoms with Gasteiger partial charge in [-0.25, -0.2) is 0 Å². The number of nitriles is 1. The molecule has 0 atom stereocenters. The van der Waals surface area contributed by atoms with Crippen LogP contribution in [0.5, 0.6) is 0 Å². The van der Waals surface area contributed by atoms with Crippen LogP contribution >= 0.6 is 0 Å². The number of nitrogens with zero attached hydrogens (tertiary/aromatic N) is 3. The number of aliphatic imine (C=N–C) groups is 1. The molecule has 2 aromatic carbocycles. The van der Waals surface area contributed by atoms with Crippen molar-refractivity contribution in [1.29, 1.82) is 5.26 Å². The summed E-state index contributed by atoms with van der Waals surface area (Å²) in [6.45, 7) is 4.53. The Bertz CT molecular complexity index is 1340. The zero-order valence-corrected chi connectivity index (χ0v) is 21.6. The Morgan fingerprint density at radius 3 is 2.76 bits per heavy atom. The van der Waals surface area contributed by atoms with E-state index in [0.717, 1.165) is 27.7 Å². The number of fused-ring (bicyclic) bond motifs is 3. The number of hydrogen-bond acceptors (Lipinski definition) is 5. The molecule has 0 radical (unpaired) electrons. The van der Waals surface area contributed by atoms with Crippen LogP contribution < -0.4 is 39.6 Å². The van der Waals surface area contributed by atoms with E-state index in [2.05, 4.69) is 49.2 Å². The van der Waals surface area contributed by atoms with Gasteiger partial charge in [0.25, 0.3) is 0 Å². The molecule has 162 valence electrons. The quantitative estimate of drug-likeness (QED) is 0.284. The minimum Gasteiger partial charge on any atom is -0.550 e. The Morgan fingerprint density at radius 1 is 1.26 bits per heavy atom. The standard InChI is InChI=1S/C28H23N3O2.Na/c1-28(2)25(15-12-20(18-29)19-30-22-9-4-3-5-10-22)31(17-16-26(32)33)24-14-13-21-8-6-7-11-23(21)27(24)28;/h3-4,6-15,19H,16-17H2,1-2H3;/q;+1/b20-12+,25-15+,30-19?;. The largest absolute Gasteiger partial charge is 1.00 e. The molecule has 0 aromatic heterocycles. The first-order valence-electron chi connectivity index (χ1n) is 10.7. The Hall–Kier alpha value is -3.26. The molecule has 0 saturated heterocycles. The van der Waals surface area contributed by atoms with Gasteiger partial charge in [-0.05, 0) is 34.6 Å². The number of rotatable bonds is 6. The minimum atomic E-state index is -1.10. The molecule has 1 aliphatic heterocycles. The summed E-state index contributed by atoms with van der Waals surface area (Å²) in [6.07, 6.45) is 15.2. The van der Waals surface area contributed by atoms with E-state index in [-0.39, 0.29) is 42.5 Å². The fraction of sp³-hybridized carbons (Fsp3) is 0.179. The van der Waals surface area contributed by atoms with Gasteiger partial charge in [-0.2, -0.15) is 10.3 Å². The molecule has 0 bridgehead atoms. The summed E-state index contributed by atoms with van der Waals surface area (Å²) in [5, 5.41) is 23.1. The van der Waals surface area contributed by atoms with Gasteiger partial charge in [0.15, 0.2) is 5.70 Å². The van der Waals surface area contributed by atoms with Crippen molar-refractivity contribution in [1.82, 2.24) is 0 Å². The van der Waals surface area contributed by atoms with Gasteiger partial charge in [-0.15, -0.1) is 0 Å². The molecule has 0 unspecified atom stereocenters. The van der Waals surface area contributed by atoms with Crippen LogP contribution in [0.4, 0.5) is 5.69 Å². The monoisotopic (exact) mass is 456 g/mol. The fourth-order valence-corrected chi connectivity index (χ4v) is 4.37. The van der Waals surface area contributed by atoms with E-state index in [4.69, 9.17) is 0 Å². The van der Waals surface area contributed by atoms with E-state index in [0.29, 0.717) is 11.3 Å². The molecule has 1 heterocycles. The van der Waals surface area contributed by atoms with Gasteiger partial charge in [0.1, 0.15) is 18.2 Å². The number of allylic oxidation sites excluding steroid dienone is 9. The molecule has 34 heavy (non-hydrogen) atoms. The molecule has 2 aliphatic rings. The van der Waals surface area contributed by atoms with Gasteiger partial charge in [0.05, 0.1) is 17.9 Å². The van der Waals surface area contributed by atoms with E-state index < -0.39 is 11.4 Å². The predicted octanol–water partition coefficient (Wildman–Crippen LogP) is 1.30. The Labute approximate surface area is 222 Å².